The maximum Gasteiger partial charge on any atom is 0.214 e. The number of nitrogens with zero attached hydrogens (tertiary/aromatic N) is 1. The maximum absolute atomic E-state index is 10.2. The normalized spacial score (nSPS) is 11.5. The lowest BCUT2D eigenvalue weighted by atomic mass is 10.00. The summed E-state index contributed by atoms with van der Waals surface area (Å²) in [5, 5.41) is 11.3. The molecule has 0 aliphatic heterocycles. The Morgan fingerprint density at radius 3 is 2.45 bits per heavy atom. The van der Waals surface area contributed by atoms with E-state index in [1.807, 2.05) is 0 Å². The van der Waals surface area contributed by atoms with Crippen molar-refractivity contribution in [1.82, 2.24) is 4.98 Å². The van der Waals surface area contributed by atoms with E-state index in [0.717, 1.165) is 29.3 Å². The summed E-state index contributed by atoms with van der Waals surface area (Å²) in [6.45, 7) is 6.59. The van der Waals surface area contributed by atoms with E-state index < -0.39 is 0 Å². The lowest BCUT2D eigenvalue weighted by Gasteiger charge is -2.09. The number of fused-ring (bicyclic) bond motifs is 1. The van der Waals surface area contributed by atoms with Gasteiger partial charge in [0.2, 0.25) is 5.88 Å². The second-order valence-corrected chi connectivity index (χ2v) is 6.60. The summed E-state index contributed by atoms with van der Waals surface area (Å²) in [7, 11) is 0. The molecule has 0 saturated carbocycles. The summed E-state index contributed by atoms with van der Waals surface area (Å²) in [5.74, 6) is 0.693. The number of aryl methyl sites for hydroxylation is 1. The van der Waals surface area contributed by atoms with Crippen LogP contribution in [0, 0.1) is 0 Å². The first-order valence-electron chi connectivity index (χ1n) is 8.74. The van der Waals surface area contributed by atoms with Gasteiger partial charge in [-0.2, -0.15) is 0 Å². The highest BCUT2D eigenvalue weighted by Gasteiger charge is 2.07. The number of rotatable bonds is 8. The summed E-state index contributed by atoms with van der Waals surface area (Å²) in [4.78, 5) is 4.40. The fourth-order valence-corrected chi connectivity index (χ4v) is 2.86. The third kappa shape index (κ3) is 4.46. The Morgan fingerprint density at radius 2 is 1.73 bits per heavy atom. The first-order chi connectivity index (χ1) is 10.6. The van der Waals surface area contributed by atoms with Crippen LogP contribution in [-0.2, 0) is 6.42 Å². The van der Waals surface area contributed by atoms with Crippen molar-refractivity contribution in [2.75, 3.05) is 0 Å². The molecule has 1 aromatic carbocycles. The molecule has 0 saturated heterocycles. The zero-order valence-corrected chi connectivity index (χ0v) is 14.2. The number of hydrogen-bond acceptors (Lipinski definition) is 2. The molecule has 0 aliphatic rings. The van der Waals surface area contributed by atoms with Gasteiger partial charge in [-0.25, -0.2) is 4.98 Å². The summed E-state index contributed by atoms with van der Waals surface area (Å²) in [6.07, 6.45) is 8.55. The van der Waals surface area contributed by atoms with E-state index >= 15 is 0 Å². The molecule has 0 amide bonds. The Morgan fingerprint density at radius 1 is 1.00 bits per heavy atom. The minimum absolute atomic E-state index is 0.210. The van der Waals surface area contributed by atoms with Gasteiger partial charge in [-0.15, -0.1) is 0 Å². The topological polar surface area (TPSA) is 33.1 Å². The van der Waals surface area contributed by atoms with Gasteiger partial charge < -0.3 is 5.11 Å². The third-order valence-electron chi connectivity index (χ3n) is 4.36. The van der Waals surface area contributed by atoms with E-state index in [0.29, 0.717) is 5.92 Å². The van der Waals surface area contributed by atoms with Crippen LogP contribution in [0.1, 0.15) is 76.3 Å². The van der Waals surface area contributed by atoms with Crippen LogP contribution in [0.4, 0.5) is 0 Å². The van der Waals surface area contributed by atoms with Crippen molar-refractivity contribution in [2.45, 2.75) is 71.6 Å². The van der Waals surface area contributed by atoms with Crippen LogP contribution >= 0.6 is 0 Å². The molecule has 0 bridgehead atoms. The number of pyridine rings is 1. The van der Waals surface area contributed by atoms with E-state index in [4.69, 9.17) is 0 Å². The molecule has 0 unspecified atom stereocenters. The molecule has 2 rings (SSSR count). The van der Waals surface area contributed by atoms with Gasteiger partial charge in [0.05, 0.1) is 5.52 Å². The molecule has 2 aromatic rings. The SMILES string of the molecule is CCCCCCCCc1cc2ccc(C(C)C)cc2nc1O. The van der Waals surface area contributed by atoms with Gasteiger partial charge in [-0.1, -0.05) is 65.0 Å². The molecule has 1 aromatic heterocycles. The monoisotopic (exact) mass is 299 g/mol. The van der Waals surface area contributed by atoms with Crippen LogP contribution in [-0.4, -0.2) is 10.1 Å². The lowest BCUT2D eigenvalue weighted by molar-refractivity contribution is 0.446. The summed E-state index contributed by atoms with van der Waals surface area (Å²) < 4.78 is 0. The lowest BCUT2D eigenvalue weighted by Crippen LogP contribution is -1.93. The summed E-state index contributed by atoms with van der Waals surface area (Å²) in [6, 6.07) is 8.49. The van der Waals surface area contributed by atoms with Crippen LogP contribution in [0.3, 0.4) is 0 Å². The molecule has 0 fully saturated rings. The Labute approximate surface area is 134 Å². The van der Waals surface area contributed by atoms with Crippen LogP contribution in [0.2, 0.25) is 0 Å². The van der Waals surface area contributed by atoms with Crippen molar-refractivity contribution in [1.29, 1.82) is 0 Å². The molecular formula is C20H29NO. The van der Waals surface area contributed by atoms with E-state index in [1.165, 1.54) is 37.7 Å². The van der Waals surface area contributed by atoms with Crippen LogP contribution in [0.25, 0.3) is 10.9 Å². The van der Waals surface area contributed by atoms with Crippen LogP contribution in [0.5, 0.6) is 5.88 Å². The van der Waals surface area contributed by atoms with Gasteiger partial charge in [0, 0.05) is 10.9 Å². The average molecular weight is 299 g/mol. The van der Waals surface area contributed by atoms with Crippen molar-refractivity contribution in [3.63, 3.8) is 0 Å². The van der Waals surface area contributed by atoms with Gasteiger partial charge in [-0.05, 0) is 36.5 Å². The maximum atomic E-state index is 10.2. The predicted octanol–water partition coefficient (Wildman–Crippen LogP) is 5.97. The number of unbranched alkanes of at least 4 members (excludes halogenated alkanes) is 5. The summed E-state index contributed by atoms with van der Waals surface area (Å²) >= 11 is 0. The molecule has 0 radical (unpaired) electrons. The molecule has 0 spiro atoms. The molecule has 0 aliphatic carbocycles. The minimum atomic E-state index is 0.210. The van der Waals surface area contributed by atoms with Crippen molar-refractivity contribution in [3.05, 3.63) is 35.4 Å². The average Bonchev–Trinajstić information content (AvgIpc) is 2.50. The highest BCUT2D eigenvalue weighted by Crippen LogP contribution is 2.26. The zero-order valence-electron chi connectivity index (χ0n) is 14.2. The number of benzene rings is 1. The van der Waals surface area contributed by atoms with Crippen molar-refractivity contribution >= 4 is 10.9 Å². The fraction of sp³-hybridized carbons (Fsp3) is 0.550. The molecule has 1 N–H and O–H groups in total. The highest BCUT2D eigenvalue weighted by atomic mass is 16.3. The molecule has 2 heteroatoms. The number of aromatic nitrogens is 1. The highest BCUT2D eigenvalue weighted by molar-refractivity contribution is 5.81. The van der Waals surface area contributed by atoms with E-state index in [-0.39, 0.29) is 5.88 Å². The van der Waals surface area contributed by atoms with Crippen LogP contribution < -0.4 is 0 Å². The Kier molecular flexibility index (Phi) is 6.23. The number of aromatic hydroxyl groups is 1. The van der Waals surface area contributed by atoms with Gasteiger partial charge in [0.1, 0.15) is 0 Å². The molecule has 1 heterocycles. The van der Waals surface area contributed by atoms with E-state index in [2.05, 4.69) is 50.0 Å². The number of hydrogen-bond donors (Lipinski definition) is 1. The molecule has 22 heavy (non-hydrogen) atoms. The Balaban J connectivity index is 2.02. The van der Waals surface area contributed by atoms with E-state index in [1.54, 1.807) is 0 Å². The minimum Gasteiger partial charge on any atom is -0.493 e. The first kappa shape index (κ1) is 16.8. The second kappa shape index (κ2) is 8.17. The predicted molar refractivity (Wildman–Crippen MR) is 94.6 cm³/mol. The quantitative estimate of drug-likeness (QED) is 0.609. The van der Waals surface area contributed by atoms with Crippen molar-refractivity contribution < 1.29 is 5.11 Å². The standard InChI is InChI=1S/C20H29NO/c1-4-5-6-7-8-9-10-18-13-17-12-11-16(15(2)3)14-19(17)21-20(18)22/h11-15H,4-10H2,1-3H3,(H,21,22). The Hall–Kier alpha value is -1.57. The summed E-state index contributed by atoms with van der Waals surface area (Å²) in [5.41, 5.74) is 3.15. The molecular weight excluding hydrogens is 270 g/mol. The van der Waals surface area contributed by atoms with Gasteiger partial charge in [0.15, 0.2) is 0 Å². The first-order valence-corrected chi connectivity index (χ1v) is 8.74. The molecule has 120 valence electrons. The zero-order chi connectivity index (χ0) is 15.9. The molecule has 2 nitrogen and oxygen atoms in total. The molecule has 0 atom stereocenters. The van der Waals surface area contributed by atoms with Gasteiger partial charge >= 0.3 is 0 Å². The van der Waals surface area contributed by atoms with Crippen molar-refractivity contribution in [2.24, 2.45) is 0 Å². The van der Waals surface area contributed by atoms with Crippen LogP contribution in [0.15, 0.2) is 24.3 Å². The fourth-order valence-electron chi connectivity index (χ4n) is 2.86. The van der Waals surface area contributed by atoms with Gasteiger partial charge in [0.25, 0.3) is 0 Å². The largest absolute Gasteiger partial charge is 0.493 e. The van der Waals surface area contributed by atoms with Gasteiger partial charge in [-0.3, -0.25) is 0 Å². The Bertz CT molecular complexity index is 604. The third-order valence-corrected chi connectivity index (χ3v) is 4.36. The second-order valence-electron chi connectivity index (χ2n) is 6.60. The smallest absolute Gasteiger partial charge is 0.214 e. The van der Waals surface area contributed by atoms with E-state index in [9.17, 15) is 5.11 Å². The van der Waals surface area contributed by atoms with Crippen molar-refractivity contribution in [3.8, 4) is 5.88 Å².